The Morgan fingerprint density at radius 1 is 0.338 bits per heavy atom. The highest BCUT2D eigenvalue weighted by atomic mass is 16.3. The molecular formula is C62H39N5O. The molecule has 14 aromatic rings. The van der Waals surface area contributed by atoms with Crippen LogP contribution in [0.3, 0.4) is 0 Å². The lowest BCUT2D eigenvalue weighted by Gasteiger charge is -2.28. The molecule has 0 fully saturated rings. The standard InChI is InChI=1S/C62H39N5O/c1-5-23-46-40(15-1)19-11-28-53(46)65(54-29-12-20-41-16-2-6-24-47(41)54)44-33-35-57-51(37-44)52-38-45(34-36-58(52)67(57)62-61-60(63-39-64-62)50-27-9-10-32-59(50)68-61)66(55-30-13-21-42-17-3-7-25-48(42)55)56-31-14-22-43-18-4-8-26-49(43)56/h1-39H. The normalized spacial score (nSPS) is 11.8. The van der Waals surface area contributed by atoms with Gasteiger partial charge in [0.15, 0.2) is 11.4 Å². The monoisotopic (exact) mass is 869 g/mol. The second-order valence-corrected chi connectivity index (χ2v) is 17.4. The molecular weight excluding hydrogens is 831 g/mol. The Labute approximate surface area is 390 Å². The Morgan fingerprint density at radius 3 is 1.16 bits per heavy atom. The van der Waals surface area contributed by atoms with E-state index in [1.807, 2.05) is 18.2 Å². The van der Waals surface area contributed by atoms with Crippen LogP contribution in [-0.4, -0.2) is 14.5 Å². The summed E-state index contributed by atoms with van der Waals surface area (Å²) in [4.78, 5) is 14.7. The second kappa shape index (κ2) is 15.2. The largest absolute Gasteiger partial charge is 0.450 e. The number of benzene rings is 11. The number of furan rings is 1. The van der Waals surface area contributed by atoms with Gasteiger partial charge in [-0.3, -0.25) is 4.57 Å². The van der Waals surface area contributed by atoms with Crippen LogP contribution >= 0.6 is 0 Å². The number of para-hydroxylation sites is 1. The van der Waals surface area contributed by atoms with E-state index in [0.29, 0.717) is 11.4 Å². The van der Waals surface area contributed by atoms with Gasteiger partial charge in [-0.25, -0.2) is 9.97 Å². The number of hydrogen-bond acceptors (Lipinski definition) is 5. The molecule has 0 aliphatic heterocycles. The molecule has 3 aromatic heterocycles. The van der Waals surface area contributed by atoms with E-state index in [4.69, 9.17) is 14.4 Å². The van der Waals surface area contributed by atoms with Crippen molar-refractivity contribution >= 4 is 121 Å². The Kier molecular flexibility index (Phi) is 8.48. The lowest BCUT2D eigenvalue weighted by atomic mass is 10.0. The molecule has 14 rings (SSSR count). The summed E-state index contributed by atoms with van der Waals surface area (Å²) >= 11 is 0. The van der Waals surface area contributed by atoms with Gasteiger partial charge in [-0.05, 0) is 94.3 Å². The first-order valence-electron chi connectivity index (χ1n) is 23.0. The van der Waals surface area contributed by atoms with Crippen LogP contribution < -0.4 is 9.80 Å². The highest BCUT2D eigenvalue weighted by Gasteiger charge is 2.25. The zero-order valence-electron chi connectivity index (χ0n) is 36.7. The predicted molar refractivity (Wildman–Crippen MR) is 283 cm³/mol. The van der Waals surface area contributed by atoms with Crippen LogP contribution in [0.1, 0.15) is 0 Å². The summed E-state index contributed by atoms with van der Waals surface area (Å²) in [6, 6.07) is 82.8. The molecule has 0 N–H and O–H groups in total. The van der Waals surface area contributed by atoms with Crippen molar-refractivity contribution < 1.29 is 4.42 Å². The third-order valence-corrected chi connectivity index (χ3v) is 13.6. The van der Waals surface area contributed by atoms with Crippen molar-refractivity contribution in [2.75, 3.05) is 9.80 Å². The Morgan fingerprint density at radius 2 is 0.721 bits per heavy atom. The zero-order valence-corrected chi connectivity index (χ0v) is 36.7. The van der Waals surface area contributed by atoms with Crippen LogP contribution in [0.2, 0.25) is 0 Å². The fraction of sp³-hybridized carbons (Fsp3) is 0. The van der Waals surface area contributed by atoms with Crippen molar-refractivity contribution in [3.05, 3.63) is 237 Å². The summed E-state index contributed by atoms with van der Waals surface area (Å²) in [6.07, 6.45) is 1.66. The average Bonchev–Trinajstić information content (AvgIpc) is 3.95. The van der Waals surface area contributed by atoms with Crippen LogP contribution in [0.5, 0.6) is 0 Å². The molecule has 0 saturated heterocycles. The summed E-state index contributed by atoms with van der Waals surface area (Å²) in [5.41, 5.74) is 10.7. The fourth-order valence-corrected chi connectivity index (χ4v) is 10.6. The van der Waals surface area contributed by atoms with Gasteiger partial charge in [-0.15, -0.1) is 0 Å². The van der Waals surface area contributed by atoms with E-state index < -0.39 is 0 Å². The Bertz CT molecular complexity index is 3920. The summed E-state index contributed by atoms with van der Waals surface area (Å²) in [5, 5.41) is 12.5. The molecule has 0 bridgehead atoms. The third kappa shape index (κ3) is 5.84. The number of hydrogen-bond donors (Lipinski definition) is 0. The van der Waals surface area contributed by atoms with Crippen LogP contribution in [0.25, 0.3) is 92.8 Å². The molecule has 6 heteroatoms. The van der Waals surface area contributed by atoms with E-state index in [9.17, 15) is 0 Å². The van der Waals surface area contributed by atoms with Gasteiger partial charge in [-0.2, -0.15) is 0 Å². The summed E-state index contributed by atoms with van der Waals surface area (Å²) in [6.45, 7) is 0. The molecule has 0 aliphatic rings. The number of rotatable bonds is 7. The van der Waals surface area contributed by atoms with Crippen molar-refractivity contribution in [2.24, 2.45) is 0 Å². The maximum atomic E-state index is 6.66. The third-order valence-electron chi connectivity index (χ3n) is 13.6. The van der Waals surface area contributed by atoms with Gasteiger partial charge in [0.25, 0.3) is 0 Å². The fourth-order valence-electron chi connectivity index (χ4n) is 10.6. The molecule has 0 radical (unpaired) electrons. The van der Waals surface area contributed by atoms with E-state index in [0.717, 1.165) is 72.4 Å². The molecule has 0 unspecified atom stereocenters. The van der Waals surface area contributed by atoms with Crippen molar-refractivity contribution in [3.63, 3.8) is 0 Å². The summed E-state index contributed by atoms with van der Waals surface area (Å²) in [5.74, 6) is 0.687. The van der Waals surface area contributed by atoms with Gasteiger partial charge in [0.05, 0.1) is 33.8 Å². The summed E-state index contributed by atoms with van der Waals surface area (Å²) in [7, 11) is 0. The topological polar surface area (TPSA) is 50.3 Å². The highest BCUT2D eigenvalue weighted by Crippen LogP contribution is 2.47. The first-order chi connectivity index (χ1) is 33.7. The minimum Gasteiger partial charge on any atom is -0.450 e. The zero-order chi connectivity index (χ0) is 44.7. The lowest BCUT2D eigenvalue weighted by molar-refractivity contribution is 0.662. The van der Waals surface area contributed by atoms with Crippen LogP contribution in [0.15, 0.2) is 241 Å². The molecule has 11 aromatic carbocycles. The van der Waals surface area contributed by atoms with E-state index in [2.05, 4.69) is 227 Å². The van der Waals surface area contributed by atoms with Gasteiger partial charge in [0, 0.05) is 49.1 Å². The van der Waals surface area contributed by atoms with Gasteiger partial charge in [0.1, 0.15) is 17.4 Å². The van der Waals surface area contributed by atoms with E-state index in [1.54, 1.807) is 6.33 Å². The second-order valence-electron chi connectivity index (χ2n) is 17.4. The van der Waals surface area contributed by atoms with Crippen molar-refractivity contribution in [1.82, 2.24) is 14.5 Å². The predicted octanol–water partition coefficient (Wildman–Crippen LogP) is 17.0. The van der Waals surface area contributed by atoms with Gasteiger partial charge < -0.3 is 14.2 Å². The SMILES string of the molecule is c1ccc2c(N(c3ccc4c(c3)c3cc(N(c5cccc6ccccc56)c5cccc6ccccc56)ccc3n4-c3ncnc4c3oc3ccccc34)c3cccc4ccccc34)cccc2c1. The quantitative estimate of drug-likeness (QED) is 0.160. The van der Waals surface area contributed by atoms with Crippen LogP contribution in [-0.2, 0) is 0 Å². The molecule has 68 heavy (non-hydrogen) atoms. The molecule has 0 atom stereocenters. The van der Waals surface area contributed by atoms with Gasteiger partial charge >= 0.3 is 0 Å². The highest BCUT2D eigenvalue weighted by molar-refractivity contribution is 6.15. The van der Waals surface area contributed by atoms with Gasteiger partial charge in [0.2, 0.25) is 0 Å². The maximum absolute atomic E-state index is 6.66. The summed E-state index contributed by atoms with van der Waals surface area (Å²) < 4.78 is 8.92. The molecule has 0 saturated carbocycles. The van der Waals surface area contributed by atoms with Crippen molar-refractivity contribution in [2.45, 2.75) is 0 Å². The minimum atomic E-state index is 0.641. The maximum Gasteiger partial charge on any atom is 0.197 e. The molecule has 6 nitrogen and oxygen atoms in total. The number of aromatic nitrogens is 3. The lowest BCUT2D eigenvalue weighted by Crippen LogP contribution is -2.11. The minimum absolute atomic E-state index is 0.641. The molecule has 318 valence electrons. The number of anilines is 6. The van der Waals surface area contributed by atoms with Crippen LogP contribution in [0, 0.1) is 0 Å². The molecule has 0 amide bonds. The smallest absolute Gasteiger partial charge is 0.197 e. The van der Waals surface area contributed by atoms with Crippen molar-refractivity contribution in [3.8, 4) is 5.82 Å². The number of fused-ring (bicyclic) bond motifs is 10. The Balaban J connectivity index is 1.09. The van der Waals surface area contributed by atoms with Crippen molar-refractivity contribution in [1.29, 1.82) is 0 Å². The van der Waals surface area contributed by atoms with Crippen LogP contribution in [0.4, 0.5) is 34.1 Å². The average molecular weight is 870 g/mol. The molecule has 0 spiro atoms. The van der Waals surface area contributed by atoms with E-state index in [1.165, 1.54) is 43.1 Å². The van der Waals surface area contributed by atoms with E-state index in [-0.39, 0.29) is 0 Å². The Hall–Kier alpha value is -9.26. The molecule has 0 aliphatic carbocycles. The molecule has 3 heterocycles. The number of nitrogens with zero attached hydrogens (tertiary/aromatic N) is 5. The first-order valence-corrected chi connectivity index (χ1v) is 23.0. The first kappa shape index (κ1) is 38.1. The van der Waals surface area contributed by atoms with Gasteiger partial charge in [-0.1, -0.05) is 158 Å². The van der Waals surface area contributed by atoms with E-state index >= 15 is 0 Å².